The zero-order valence-electron chi connectivity index (χ0n) is 7.11. The van der Waals surface area contributed by atoms with Crippen molar-refractivity contribution in [2.24, 2.45) is 0 Å². The Morgan fingerprint density at radius 1 is 1.46 bits per heavy atom. The summed E-state index contributed by atoms with van der Waals surface area (Å²) in [7, 11) is 0. The van der Waals surface area contributed by atoms with Gasteiger partial charge in [0.25, 0.3) is 0 Å². The highest BCUT2D eigenvalue weighted by Crippen LogP contribution is 2.13. The van der Waals surface area contributed by atoms with Crippen molar-refractivity contribution >= 4 is 17.0 Å². The quantitative estimate of drug-likeness (QED) is 0.679. The van der Waals surface area contributed by atoms with Crippen LogP contribution in [0.3, 0.4) is 0 Å². The second-order valence-corrected chi connectivity index (χ2v) is 2.36. The van der Waals surface area contributed by atoms with Crippen molar-refractivity contribution < 1.29 is 4.84 Å². The number of hydrogen-bond acceptors (Lipinski definition) is 5. The maximum atomic E-state index is 5.00. The number of anilines is 1. The van der Waals surface area contributed by atoms with Crippen LogP contribution in [0.25, 0.3) is 11.2 Å². The highest BCUT2D eigenvalue weighted by Gasteiger charge is 2.04. The van der Waals surface area contributed by atoms with Gasteiger partial charge in [0.2, 0.25) is 0 Å². The lowest BCUT2D eigenvalue weighted by Gasteiger charge is -2.02. The lowest BCUT2D eigenvalue weighted by Crippen LogP contribution is -2.03. The minimum Gasteiger partial charge on any atom is -0.329 e. The Hall–Kier alpha value is -1.69. The van der Waals surface area contributed by atoms with E-state index in [-0.39, 0.29) is 0 Å². The number of rotatable bonds is 3. The van der Waals surface area contributed by atoms with Gasteiger partial charge in [-0.15, -0.1) is 0 Å². The van der Waals surface area contributed by atoms with E-state index in [1.165, 1.54) is 6.33 Å². The lowest BCUT2D eigenvalue weighted by molar-refractivity contribution is 0.209. The van der Waals surface area contributed by atoms with Crippen LogP contribution in [-0.2, 0) is 4.84 Å². The largest absolute Gasteiger partial charge is 0.329 e. The Morgan fingerprint density at radius 3 is 3.23 bits per heavy atom. The van der Waals surface area contributed by atoms with E-state index in [9.17, 15) is 0 Å². The van der Waals surface area contributed by atoms with Gasteiger partial charge in [-0.05, 0) is 6.92 Å². The molecule has 2 aromatic rings. The van der Waals surface area contributed by atoms with Gasteiger partial charge in [0.1, 0.15) is 6.33 Å². The zero-order chi connectivity index (χ0) is 9.10. The molecule has 0 amide bonds. The number of nitrogens with zero attached hydrogens (tertiary/aromatic N) is 3. The third kappa shape index (κ3) is 1.43. The Balaban J connectivity index is 2.37. The highest BCUT2D eigenvalue weighted by molar-refractivity contribution is 5.81. The molecule has 0 saturated carbocycles. The Morgan fingerprint density at radius 2 is 2.38 bits per heavy atom. The SMILES string of the molecule is CCONc1ncnc2[nH]cnc12. The number of fused-ring (bicyclic) bond motifs is 1. The monoisotopic (exact) mass is 179 g/mol. The van der Waals surface area contributed by atoms with Gasteiger partial charge >= 0.3 is 0 Å². The predicted molar refractivity (Wildman–Crippen MR) is 46.9 cm³/mol. The van der Waals surface area contributed by atoms with E-state index in [2.05, 4.69) is 25.4 Å². The van der Waals surface area contributed by atoms with E-state index in [0.29, 0.717) is 23.6 Å². The summed E-state index contributed by atoms with van der Waals surface area (Å²) in [5, 5.41) is 0. The predicted octanol–water partition coefficient (Wildman–Crippen LogP) is 0.716. The molecule has 6 heteroatoms. The smallest absolute Gasteiger partial charge is 0.181 e. The standard InChI is InChI=1S/C7H9N5O/c1-2-13-12-7-5-6(9-3-8-5)10-4-11-7/h3-4H,2H2,1H3,(H2,8,9,10,11,12). The van der Waals surface area contributed by atoms with E-state index in [4.69, 9.17) is 4.84 Å². The van der Waals surface area contributed by atoms with Gasteiger partial charge in [-0.1, -0.05) is 0 Å². The molecule has 0 unspecified atom stereocenters. The van der Waals surface area contributed by atoms with Crippen LogP contribution in [0.15, 0.2) is 12.7 Å². The summed E-state index contributed by atoms with van der Waals surface area (Å²) < 4.78 is 0. The van der Waals surface area contributed by atoms with E-state index in [0.717, 1.165) is 0 Å². The van der Waals surface area contributed by atoms with Crippen molar-refractivity contribution in [1.82, 2.24) is 19.9 Å². The molecule has 0 aliphatic heterocycles. The van der Waals surface area contributed by atoms with Crippen LogP contribution in [0.1, 0.15) is 6.92 Å². The topological polar surface area (TPSA) is 75.7 Å². The molecule has 0 spiro atoms. The molecule has 2 N–H and O–H groups in total. The van der Waals surface area contributed by atoms with Crippen LogP contribution in [-0.4, -0.2) is 26.5 Å². The molecule has 13 heavy (non-hydrogen) atoms. The molecule has 0 atom stereocenters. The number of aromatic amines is 1. The molecule has 0 aliphatic carbocycles. The number of nitrogens with one attached hydrogen (secondary N) is 2. The number of aromatic nitrogens is 4. The van der Waals surface area contributed by atoms with Gasteiger partial charge in [0, 0.05) is 0 Å². The van der Waals surface area contributed by atoms with Gasteiger partial charge in [0.15, 0.2) is 17.0 Å². The Kier molecular flexibility index (Phi) is 2.05. The molecule has 0 radical (unpaired) electrons. The molecule has 0 fully saturated rings. The first-order chi connectivity index (χ1) is 6.42. The number of imidazole rings is 1. The van der Waals surface area contributed by atoms with Crippen molar-refractivity contribution in [3.8, 4) is 0 Å². The third-order valence-corrected chi connectivity index (χ3v) is 1.53. The number of hydrogen-bond donors (Lipinski definition) is 2. The summed E-state index contributed by atoms with van der Waals surface area (Å²) in [6.45, 7) is 2.45. The van der Waals surface area contributed by atoms with E-state index >= 15 is 0 Å². The van der Waals surface area contributed by atoms with Gasteiger partial charge in [-0.2, -0.15) is 0 Å². The van der Waals surface area contributed by atoms with Crippen LogP contribution in [0.4, 0.5) is 5.82 Å². The normalized spacial score (nSPS) is 10.5. The maximum absolute atomic E-state index is 5.00. The van der Waals surface area contributed by atoms with Crippen molar-refractivity contribution in [3.63, 3.8) is 0 Å². The van der Waals surface area contributed by atoms with Crippen molar-refractivity contribution in [2.75, 3.05) is 12.1 Å². The van der Waals surface area contributed by atoms with E-state index in [1.807, 2.05) is 6.92 Å². The van der Waals surface area contributed by atoms with Crippen molar-refractivity contribution in [1.29, 1.82) is 0 Å². The lowest BCUT2D eigenvalue weighted by atomic mass is 10.5. The van der Waals surface area contributed by atoms with Crippen LogP contribution < -0.4 is 5.48 Å². The van der Waals surface area contributed by atoms with Crippen LogP contribution in [0, 0.1) is 0 Å². The second-order valence-electron chi connectivity index (χ2n) is 2.36. The maximum Gasteiger partial charge on any atom is 0.181 e. The first-order valence-electron chi connectivity index (χ1n) is 3.93. The summed E-state index contributed by atoms with van der Waals surface area (Å²) in [5.41, 5.74) is 4.06. The third-order valence-electron chi connectivity index (χ3n) is 1.53. The van der Waals surface area contributed by atoms with Gasteiger partial charge in [-0.25, -0.2) is 20.4 Å². The van der Waals surface area contributed by atoms with Crippen molar-refractivity contribution in [2.45, 2.75) is 6.92 Å². The molecule has 2 aromatic heterocycles. The molecular weight excluding hydrogens is 170 g/mol. The first-order valence-corrected chi connectivity index (χ1v) is 3.93. The first kappa shape index (κ1) is 7.93. The molecular formula is C7H9N5O. The molecule has 68 valence electrons. The van der Waals surface area contributed by atoms with Gasteiger partial charge < -0.3 is 4.98 Å². The van der Waals surface area contributed by atoms with Crippen LogP contribution in [0.5, 0.6) is 0 Å². The molecule has 0 bridgehead atoms. The van der Waals surface area contributed by atoms with E-state index < -0.39 is 0 Å². The van der Waals surface area contributed by atoms with E-state index in [1.54, 1.807) is 6.33 Å². The summed E-state index contributed by atoms with van der Waals surface area (Å²) in [6.07, 6.45) is 3.01. The molecule has 0 saturated heterocycles. The Bertz CT molecular complexity index is 398. The summed E-state index contributed by atoms with van der Waals surface area (Å²) >= 11 is 0. The van der Waals surface area contributed by atoms with Gasteiger partial charge in [0.05, 0.1) is 12.9 Å². The summed E-state index contributed by atoms with van der Waals surface area (Å²) in [5.74, 6) is 0.577. The molecule has 0 aliphatic rings. The van der Waals surface area contributed by atoms with Crippen molar-refractivity contribution in [3.05, 3.63) is 12.7 Å². The minimum absolute atomic E-state index is 0.565. The minimum atomic E-state index is 0.565. The summed E-state index contributed by atoms with van der Waals surface area (Å²) in [6, 6.07) is 0. The van der Waals surface area contributed by atoms with Gasteiger partial charge in [-0.3, -0.25) is 4.84 Å². The molecule has 6 nitrogen and oxygen atoms in total. The molecule has 2 rings (SSSR count). The zero-order valence-corrected chi connectivity index (χ0v) is 7.11. The average Bonchev–Trinajstić information content (AvgIpc) is 2.62. The molecule has 0 aromatic carbocycles. The van der Waals surface area contributed by atoms with Crippen LogP contribution >= 0.6 is 0 Å². The second kappa shape index (κ2) is 3.36. The highest BCUT2D eigenvalue weighted by atomic mass is 16.6. The fraction of sp³-hybridized carbons (Fsp3) is 0.286. The summed E-state index contributed by atoms with van der Waals surface area (Å²) in [4.78, 5) is 19.9. The molecule has 2 heterocycles. The number of H-pyrrole nitrogens is 1. The average molecular weight is 179 g/mol. The fourth-order valence-corrected chi connectivity index (χ4v) is 0.980. The Labute approximate surface area is 74.3 Å². The van der Waals surface area contributed by atoms with Crippen LogP contribution in [0.2, 0.25) is 0 Å². The fourth-order valence-electron chi connectivity index (χ4n) is 0.980.